The van der Waals surface area contributed by atoms with Gasteiger partial charge in [0.25, 0.3) is 11.7 Å². The van der Waals surface area contributed by atoms with Gasteiger partial charge in [-0.3, -0.25) is 14.6 Å². The first-order valence-electron chi connectivity index (χ1n) is 9.45. The number of likely N-dealkylation sites (tertiary alicyclic amines) is 1. The minimum Gasteiger partial charge on any atom is -0.507 e. The predicted octanol–water partition coefficient (Wildman–Crippen LogP) is 4.15. The molecule has 1 saturated heterocycles. The molecule has 0 unspecified atom stereocenters. The minimum atomic E-state index is -0.772. The molecule has 150 valence electrons. The molecule has 1 atom stereocenters. The summed E-state index contributed by atoms with van der Waals surface area (Å²) in [5.74, 6) is -2.26. The maximum absolute atomic E-state index is 13.3. The van der Waals surface area contributed by atoms with Crippen molar-refractivity contribution >= 4 is 17.4 Å². The number of aliphatic hydroxyl groups excluding tert-OH is 1. The Morgan fingerprint density at radius 2 is 1.77 bits per heavy atom. The minimum absolute atomic E-state index is 0.0145. The van der Waals surface area contributed by atoms with Crippen LogP contribution in [0.3, 0.4) is 0 Å². The van der Waals surface area contributed by atoms with Crippen molar-refractivity contribution in [1.82, 2.24) is 9.88 Å². The lowest BCUT2D eigenvalue weighted by molar-refractivity contribution is -0.140. The Balaban J connectivity index is 1.85. The molecule has 2 heterocycles. The fraction of sp³-hybridized carbons (Fsp3) is 0.125. The second-order valence-corrected chi connectivity index (χ2v) is 7.21. The fourth-order valence-electron chi connectivity index (χ4n) is 3.59. The number of aromatic nitrogens is 1. The summed E-state index contributed by atoms with van der Waals surface area (Å²) in [6.45, 7) is 2.10. The van der Waals surface area contributed by atoms with Crippen LogP contribution in [0.15, 0.2) is 78.6 Å². The average molecular weight is 402 g/mol. The van der Waals surface area contributed by atoms with Crippen LogP contribution in [-0.4, -0.2) is 26.7 Å². The van der Waals surface area contributed by atoms with Gasteiger partial charge in [0.15, 0.2) is 0 Å². The standard InChI is InChI=1S/C24H19FN2O3/c1-15-4-6-17(7-5-15)21-20(22(28)18-8-10-19(25)11-9-18)23(29)24(30)27(21)14-16-3-2-12-26-13-16/h2-13,21,28H,14H2,1H3/t21-/m0/s1. The summed E-state index contributed by atoms with van der Waals surface area (Å²) < 4.78 is 13.3. The third-order valence-electron chi connectivity index (χ3n) is 5.13. The van der Waals surface area contributed by atoms with Gasteiger partial charge < -0.3 is 10.0 Å². The van der Waals surface area contributed by atoms with Crippen LogP contribution in [0.5, 0.6) is 0 Å². The number of nitrogens with zero attached hydrogens (tertiary/aromatic N) is 2. The molecule has 1 aliphatic heterocycles. The molecule has 5 nitrogen and oxygen atoms in total. The van der Waals surface area contributed by atoms with Crippen molar-refractivity contribution in [1.29, 1.82) is 0 Å². The van der Waals surface area contributed by atoms with Gasteiger partial charge in [-0.25, -0.2) is 4.39 Å². The number of rotatable bonds is 4. The molecule has 1 amide bonds. The van der Waals surface area contributed by atoms with Crippen LogP contribution < -0.4 is 0 Å². The van der Waals surface area contributed by atoms with E-state index in [0.29, 0.717) is 5.56 Å². The lowest BCUT2D eigenvalue weighted by atomic mass is 9.94. The van der Waals surface area contributed by atoms with Crippen LogP contribution in [0, 0.1) is 12.7 Å². The molecule has 0 aliphatic carbocycles. The zero-order chi connectivity index (χ0) is 21.3. The molecule has 0 spiro atoms. The number of carbonyl (C=O) groups is 2. The summed E-state index contributed by atoms with van der Waals surface area (Å²) in [4.78, 5) is 31.4. The van der Waals surface area contributed by atoms with Crippen LogP contribution in [0.4, 0.5) is 4.39 Å². The van der Waals surface area contributed by atoms with E-state index in [0.717, 1.165) is 11.1 Å². The maximum Gasteiger partial charge on any atom is 0.295 e. The Morgan fingerprint density at radius 3 is 2.40 bits per heavy atom. The molecule has 0 saturated carbocycles. The first-order chi connectivity index (χ1) is 14.5. The van der Waals surface area contributed by atoms with Crippen molar-refractivity contribution in [3.63, 3.8) is 0 Å². The molecular formula is C24H19FN2O3. The normalized spacial score (nSPS) is 18.1. The van der Waals surface area contributed by atoms with E-state index in [9.17, 15) is 19.1 Å². The smallest absolute Gasteiger partial charge is 0.295 e. The van der Waals surface area contributed by atoms with E-state index in [1.807, 2.05) is 37.3 Å². The van der Waals surface area contributed by atoms with Crippen molar-refractivity contribution < 1.29 is 19.1 Å². The van der Waals surface area contributed by atoms with Gasteiger partial charge >= 0.3 is 0 Å². The summed E-state index contributed by atoms with van der Waals surface area (Å²) in [6.07, 6.45) is 3.26. The van der Waals surface area contributed by atoms with Crippen molar-refractivity contribution in [2.24, 2.45) is 0 Å². The number of aryl methyl sites for hydroxylation is 1. The van der Waals surface area contributed by atoms with Gasteiger partial charge in [-0.15, -0.1) is 0 Å². The Hall–Kier alpha value is -3.80. The summed E-state index contributed by atoms with van der Waals surface area (Å²) in [6, 6.07) is 15.4. The van der Waals surface area contributed by atoms with Crippen LogP contribution in [0.2, 0.25) is 0 Å². The highest BCUT2D eigenvalue weighted by Gasteiger charge is 2.46. The first-order valence-corrected chi connectivity index (χ1v) is 9.45. The van der Waals surface area contributed by atoms with E-state index in [2.05, 4.69) is 4.98 Å². The first kappa shape index (κ1) is 19.5. The Morgan fingerprint density at radius 1 is 1.07 bits per heavy atom. The van der Waals surface area contributed by atoms with Gasteiger partial charge in [-0.05, 0) is 48.4 Å². The number of amides is 1. The number of halogens is 1. The maximum atomic E-state index is 13.3. The number of carbonyl (C=O) groups excluding carboxylic acids is 2. The average Bonchev–Trinajstić information content (AvgIpc) is 3.00. The van der Waals surface area contributed by atoms with E-state index in [1.165, 1.54) is 29.2 Å². The summed E-state index contributed by atoms with van der Waals surface area (Å²) in [5.41, 5.74) is 2.75. The Labute approximate surface area is 173 Å². The van der Waals surface area contributed by atoms with Crippen molar-refractivity contribution in [3.8, 4) is 0 Å². The molecule has 2 aromatic carbocycles. The number of benzene rings is 2. The SMILES string of the molecule is Cc1ccc([C@H]2C(=C(O)c3ccc(F)cc3)C(=O)C(=O)N2Cc2cccnc2)cc1. The molecule has 0 radical (unpaired) electrons. The number of hydrogen-bond acceptors (Lipinski definition) is 4. The molecule has 1 aromatic heterocycles. The molecular weight excluding hydrogens is 383 g/mol. The van der Waals surface area contributed by atoms with Gasteiger partial charge in [0.05, 0.1) is 11.6 Å². The van der Waals surface area contributed by atoms with E-state index in [4.69, 9.17) is 0 Å². The zero-order valence-electron chi connectivity index (χ0n) is 16.2. The van der Waals surface area contributed by atoms with Crippen molar-refractivity contribution in [3.05, 3.63) is 107 Å². The van der Waals surface area contributed by atoms with Crippen LogP contribution in [0.1, 0.15) is 28.3 Å². The van der Waals surface area contributed by atoms with E-state index in [-0.39, 0.29) is 23.4 Å². The Kier molecular flexibility index (Phi) is 5.14. The molecule has 0 bridgehead atoms. The molecule has 4 rings (SSSR count). The zero-order valence-corrected chi connectivity index (χ0v) is 16.2. The summed E-state index contributed by atoms with van der Waals surface area (Å²) >= 11 is 0. The van der Waals surface area contributed by atoms with Crippen LogP contribution >= 0.6 is 0 Å². The second kappa shape index (κ2) is 7.91. The molecule has 30 heavy (non-hydrogen) atoms. The van der Waals surface area contributed by atoms with Crippen molar-refractivity contribution in [2.75, 3.05) is 0 Å². The third kappa shape index (κ3) is 3.59. The highest BCUT2D eigenvalue weighted by atomic mass is 19.1. The predicted molar refractivity (Wildman–Crippen MR) is 110 cm³/mol. The topological polar surface area (TPSA) is 70.5 Å². The fourth-order valence-corrected chi connectivity index (χ4v) is 3.59. The van der Waals surface area contributed by atoms with Gasteiger partial charge in [-0.1, -0.05) is 35.9 Å². The highest BCUT2D eigenvalue weighted by Crippen LogP contribution is 2.40. The quantitative estimate of drug-likeness (QED) is 0.404. The van der Waals surface area contributed by atoms with Crippen molar-refractivity contribution in [2.45, 2.75) is 19.5 Å². The number of hydrogen-bond donors (Lipinski definition) is 1. The van der Waals surface area contributed by atoms with Gasteiger partial charge in [0, 0.05) is 24.5 Å². The summed E-state index contributed by atoms with van der Waals surface area (Å²) in [7, 11) is 0. The molecule has 6 heteroatoms. The second-order valence-electron chi connectivity index (χ2n) is 7.21. The lowest BCUT2D eigenvalue weighted by Crippen LogP contribution is -2.29. The van der Waals surface area contributed by atoms with Gasteiger partial charge in [0.1, 0.15) is 11.6 Å². The molecule has 1 aliphatic rings. The number of ketones is 1. The number of aliphatic hydroxyl groups is 1. The monoisotopic (exact) mass is 402 g/mol. The summed E-state index contributed by atoms with van der Waals surface area (Å²) in [5, 5.41) is 10.9. The van der Waals surface area contributed by atoms with Crippen LogP contribution in [-0.2, 0) is 16.1 Å². The Bertz CT molecular complexity index is 1120. The third-order valence-corrected chi connectivity index (χ3v) is 5.13. The van der Waals surface area contributed by atoms with E-state index in [1.54, 1.807) is 18.5 Å². The molecule has 3 aromatic rings. The largest absolute Gasteiger partial charge is 0.507 e. The van der Waals surface area contributed by atoms with Gasteiger partial charge in [-0.2, -0.15) is 0 Å². The number of Topliss-reactive ketones (excluding diaryl/α,β-unsaturated/α-hetero) is 1. The molecule has 1 N–H and O–H groups in total. The number of pyridine rings is 1. The van der Waals surface area contributed by atoms with E-state index >= 15 is 0 Å². The van der Waals surface area contributed by atoms with Crippen LogP contribution in [0.25, 0.3) is 5.76 Å². The lowest BCUT2D eigenvalue weighted by Gasteiger charge is -2.25. The van der Waals surface area contributed by atoms with E-state index < -0.39 is 23.5 Å². The highest BCUT2D eigenvalue weighted by molar-refractivity contribution is 6.46. The van der Waals surface area contributed by atoms with Gasteiger partial charge in [0.2, 0.25) is 0 Å². The molecule has 1 fully saturated rings.